The highest BCUT2D eigenvalue weighted by molar-refractivity contribution is 6.48. The fraction of sp³-hybridized carbons (Fsp3) is 0.917. The maximum Gasteiger partial charge on any atom is 0.324 e. The molecular weight excluding hydrogens is 231 g/mol. The van der Waals surface area contributed by atoms with E-state index in [4.69, 9.17) is 5.73 Å². The van der Waals surface area contributed by atoms with Gasteiger partial charge in [0.25, 0.3) is 6.92 Å². The predicted octanol–water partition coefficient (Wildman–Crippen LogP) is 0.408. The Morgan fingerprint density at radius 1 is 1.56 bits per heavy atom. The van der Waals surface area contributed by atoms with E-state index in [0.717, 1.165) is 25.6 Å². The van der Waals surface area contributed by atoms with Gasteiger partial charge in [0.1, 0.15) is 5.54 Å². The van der Waals surface area contributed by atoms with Crippen LogP contribution in [0.4, 0.5) is 0 Å². The average molecular weight is 256 g/mol. The molecule has 0 spiro atoms. The van der Waals surface area contributed by atoms with Crippen molar-refractivity contribution in [1.29, 1.82) is 0 Å². The van der Waals surface area contributed by atoms with Crippen molar-refractivity contribution in [1.82, 2.24) is 5.32 Å². The van der Waals surface area contributed by atoms with E-state index in [-0.39, 0.29) is 12.8 Å². The molecule has 0 aliphatic heterocycles. The van der Waals surface area contributed by atoms with E-state index in [1.54, 1.807) is 6.82 Å². The molecule has 104 valence electrons. The first-order valence-electron chi connectivity index (χ1n) is 6.75. The Morgan fingerprint density at radius 2 is 2.22 bits per heavy atom. The minimum Gasteiger partial charge on any atom is -0.480 e. The van der Waals surface area contributed by atoms with Crippen LogP contribution in [0, 0.1) is 11.8 Å². The first-order valence-corrected chi connectivity index (χ1v) is 6.75. The Labute approximate surface area is 109 Å². The van der Waals surface area contributed by atoms with Gasteiger partial charge in [-0.15, -0.1) is 0 Å². The summed E-state index contributed by atoms with van der Waals surface area (Å²) < 4.78 is 0. The molecule has 0 aromatic carbocycles. The molecule has 0 heterocycles. The van der Waals surface area contributed by atoms with Gasteiger partial charge in [-0.2, -0.15) is 0 Å². The third-order valence-corrected chi connectivity index (χ3v) is 4.12. The fourth-order valence-electron chi connectivity index (χ4n) is 2.96. The minimum atomic E-state index is -1.12. The minimum absolute atomic E-state index is 0.0113. The maximum absolute atomic E-state index is 11.4. The van der Waals surface area contributed by atoms with Crippen molar-refractivity contribution >= 4 is 12.9 Å². The summed E-state index contributed by atoms with van der Waals surface area (Å²) in [5, 5.41) is 21.7. The van der Waals surface area contributed by atoms with E-state index in [9.17, 15) is 14.9 Å². The number of nitrogens with one attached hydrogen (secondary N) is 1. The third-order valence-electron chi connectivity index (χ3n) is 4.12. The molecule has 5 N–H and O–H groups in total. The number of rotatable bonds is 6. The molecule has 0 radical (unpaired) electrons. The smallest absolute Gasteiger partial charge is 0.324 e. The zero-order valence-corrected chi connectivity index (χ0v) is 11.4. The van der Waals surface area contributed by atoms with Crippen LogP contribution in [0.2, 0.25) is 13.1 Å². The average Bonchev–Trinajstić information content (AvgIpc) is 2.29. The van der Waals surface area contributed by atoms with Crippen LogP contribution in [0.1, 0.15) is 25.7 Å². The molecule has 0 aromatic rings. The lowest BCUT2D eigenvalue weighted by Crippen LogP contribution is -2.59. The van der Waals surface area contributed by atoms with E-state index >= 15 is 0 Å². The zero-order valence-electron chi connectivity index (χ0n) is 11.4. The topological polar surface area (TPSA) is 95.6 Å². The van der Waals surface area contributed by atoms with Gasteiger partial charge in [0.15, 0.2) is 0 Å². The maximum atomic E-state index is 11.4. The summed E-state index contributed by atoms with van der Waals surface area (Å²) in [6.07, 6.45) is 3.94. The Hall–Kier alpha value is -0.585. The van der Waals surface area contributed by atoms with Crippen LogP contribution in [-0.2, 0) is 4.79 Å². The summed E-state index contributed by atoms with van der Waals surface area (Å²) in [6, 6.07) is 0. The number of hydrogen-bond acceptors (Lipinski definition) is 4. The van der Waals surface area contributed by atoms with Crippen LogP contribution in [0.25, 0.3) is 0 Å². The molecule has 6 heteroatoms. The summed E-state index contributed by atoms with van der Waals surface area (Å²) in [6.45, 7) is 2.09. The van der Waals surface area contributed by atoms with Gasteiger partial charge in [-0.1, -0.05) is 13.2 Å². The third kappa shape index (κ3) is 3.70. The van der Waals surface area contributed by atoms with Crippen molar-refractivity contribution in [3.63, 3.8) is 0 Å². The highest BCUT2D eigenvalue weighted by atomic mass is 16.4. The van der Waals surface area contributed by atoms with Crippen LogP contribution < -0.4 is 11.1 Å². The first kappa shape index (κ1) is 15.5. The molecule has 0 unspecified atom stereocenters. The lowest BCUT2D eigenvalue weighted by atomic mass is 9.62. The molecule has 1 aliphatic rings. The number of nitrogens with two attached hydrogens (primary N) is 1. The van der Waals surface area contributed by atoms with E-state index < -0.39 is 11.5 Å². The number of hydrogen-bond donors (Lipinski definition) is 4. The highest BCUT2D eigenvalue weighted by Gasteiger charge is 2.46. The van der Waals surface area contributed by atoms with Gasteiger partial charge < -0.3 is 21.2 Å². The van der Waals surface area contributed by atoms with Crippen molar-refractivity contribution in [2.45, 2.75) is 44.4 Å². The van der Waals surface area contributed by atoms with E-state index in [0.29, 0.717) is 18.9 Å². The normalized spacial score (nSPS) is 32.2. The number of carboxylic acids is 1. The Morgan fingerprint density at radius 3 is 2.72 bits per heavy atom. The van der Waals surface area contributed by atoms with E-state index in [1.165, 1.54) is 0 Å². The Kier molecular flexibility index (Phi) is 5.62. The van der Waals surface area contributed by atoms with Gasteiger partial charge in [-0.05, 0) is 45.1 Å². The van der Waals surface area contributed by atoms with Crippen molar-refractivity contribution in [3.05, 3.63) is 0 Å². The summed E-state index contributed by atoms with van der Waals surface area (Å²) >= 11 is 0. The second-order valence-electron chi connectivity index (χ2n) is 5.67. The molecule has 0 bridgehead atoms. The molecule has 0 aromatic heterocycles. The van der Waals surface area contributed by atoms with Crippen LogP contribution >= 0.6 is 0 Å². The van der Waals surface area contributed by atoms with E-state index in [2.05, 4.69) is 5.32 Å². The van der Waals surface area contributed by atoms with Crippen LogP contribution in [-0.4, -0.2) is 42.1 Å². The lowest BCUT2D eigenvalue weighted by molar-refractivity contribution is -0.148. The quantitative estimate of drug-likeness (QED) is 0.516. The van der Waals surface area contributed by atoms with Crippen molar-refractivity contribution in [3.8, 4) is 0 Å². The summed E-state index contributed by atoms with van der Waals surface area (Å²) in [5.74, 6) is -0.596. The summed E-state index contributed by atoms with van der Waals surface area (Å²) in [7, 11) is 1.82. The van der Waals surface area contributed by atoms with Crippen LogP contribution in [0.3, 0.4) is 0 Å². The second-order valence-corrected chi connectivity index (χ2v) is 5.67. The molecular formula is C12H25BN2O3. The number of carbonyl (C=O) groups is 1. The van der Waals surface area contributed by atoms with Gasteiger partial charge in [0.05, 0.1) is 0 Å². The largest absolute Gasteiger partial charge is 0.480 e. The molecule has 1 rings (SSSR count). The molecule has 0 saturated heterocycles. The van der Waals surface area contributed by atoms with Crippen LogP contribution in [0.15, 0.2) is 0 Å². The summed E-state index contributed by atoms with van der Waals surface area (Å²) in [4.78, 5) is 11.4. The molecule has 3 atom stereocenters. The van der Waals surface area contributed by atoms with Crippen molar-refractivity contribution in [2.24, 2.45) is 17.6 Å². The van der Waals surface area contributed by atoms with Crippen LogP contribution in [0.5, 0.6) is 0 Å². The SMILES string of the molecule is CNC[C@@H]1CC[C@@H](CCB(C)O)C[C@]1(N)C(=O)O. The Balaban J connectivity index is 2.65. The zero-order chi connectivity index (χ0) is 13.8. The molecule has 18 heavy (non-hydrogen) atoms. The molecule has 1 fully saturated rings. The van der Waals surface area contributed by atoms with Crippen molar-refractivity contribution < 1.29 is 14.9 Å². The fourth-order valence-corrected chi connectivity index (χ4v) is 2.96. The highest BCUT2D eigenvalue weighted by Crippen LogP contribution is 2.37. The van der Waals surface area contributed by atoms with Gasteiger partial charge in [0, 0.05) is 5.92 Å². The van der Waals surface area contributed by atoms with Crippen molar-refractivity contribution in [2.75, 3.05) is 13.6 Å². The molecule has 1 aliphatic carbocycles. The van der Waals surface area contributed by atoms with E-state index in [1.807, 2.05) is 7.05 Å². The number of carboxylic acid groups (broad SMARTS) is 1. The lowest BCUT2D eigenvalue weighted by Gasteiger charge is -2.41. The summed E-state index contributed by atoms with van der Waals surface area (Å²) in [5.41, 5.74) is 5.01. The monoisotopic (exact) mass is 256 g/mol. The molecule has 1 saturated carbocycles. The van der Waals surface area contributed by atoms with Gasteiger partial charge >= 0.3 is 5.97 Å². The van der Waals surface area contributed by atoms with Gasteiger partial charge in [-0.25, -0.2) is 0 Å². The second kappa shape index (κ2) is 6.54. The molecule has 5 nitrogen and oxygen atoms in total. The van der Waals surface area contributed by atoms with Gasteiger partial charge in [0.2, 0.25) is 0 Å². The predicted molar refractivity (Wildman–Crippen MR) is 72.6 cm³/mol. The number of aliphatic carboxylic acids is 1. The standard InChI is InChI=1S/C12H25BN2O3/c1-13(18)6-5-9-3-4-10(8-15-2)12(14,7-9)11(16)17/h9-10,15,18H,3-8,14H2,1-2H3,(H,16,17)/t9-,10-,12+/m0/s1. The Bertz CT molecular complexity index is 288. The van der Waals surface area contributed by atoms with Gasteiger partial charge in [-0.3, -0.25) is 4.79 Å². The first-order chi connectivity index (χ1) is 8.40. The molecule has 0 amide bonds.